The quantitative estimate of drug-likeness (QED) is 0.818. The lowest BCUT2D eigenvalue weighted by Crippen LogP contribution is -2.21. The third-order valence-electron chi connectivity index (χ3n) is 3.48. The summed E-state index contributed by atoms with van der Waals surface area (Å²) in [5, 5.41) is 0. The Labute approximate surface area is 124 Å². The second kappa shape index (κ2) is 5.33. The fourth-order valence-corrected chi connectivity index (χ4v) is 3.29. The van der Waals surface area contributed by atoms with Crippen LogP contribution < -0.4 is 0 Å². The maximum atomic E-state index is 12.3. The van der Waals surface area contributed by atoms with Gasteiger partial charge in [-0.25, -0.2) is 8.42 Å². The smallest absolute Gasteiger partial charge is 0.167 e. The highest BCUT2D eigenvalue weighted by molar-refractivity contribution is 7.93. The molecule has 0 unspecified atom stereocenters. The van der Waals surface area contributed by atoms with E-state index in [0.29, 0.717) is 6.54 Å². The SMILES string of the molecule is Cc1ccc(S(=O)(=O)[N-][N+]2=Cc3ccccc3CC2)cc1. The van der Waals surface area contributed by atoms with Crippen molar-refractivity contribution in [2.75, 3.05) is 6.54 Å². The van der Waals surface area contributed by atoms with E-state index in [2.05, 4.69) is 10.9 Å². The summed E-state index contributed by atoms with van der Waals surface area (Å²) < 4.78 is 26.1. The first-order valence-corrected chi connectivity index (χ1v) is 8.23. The van der Waals surface area contributed by atoms with Gasteiger partial charge in [-0.05, 0) is 30.7 Å². The van der Waals surface area contributed by atoms with Crippen LogP contribution in [0.25, 0.3) is 4.83 Å². The van der Waals surface area contributed by atoms with Crippen molar-refractivity contribution in [3.05, 3.63) is 70.1 Å². The van der Waals surface area contributed by atoms with Gasteiger partial charge < -0.3 is 4.83 Å². The minimum atomic E-state index is -3.66. The molecule has 2 aromatic carbocycles. The van der Waals surface area contributed by atoms with E-state index >= 15 is 0 Å². The van der Waals surface area contributed by atoms with E-state index < -0.39 is 10.0 Å². The van der Waals surface area contributed by atoms with Gasteiger partial charge in [0.1, 0.15) is 6.54 Å². The molecule has 0 radical (unpaired) electrons. The fraction of sp³-hybridized carbons (Fsp3) is 0.188. The van der Waals surface area contributed by atoms with Crippen LogP contribution in [0.5, 0.6) is 0 Å². The highest BCUT2D eigenvalue weighted by Crippen LogP contribution is 2.20. The van der Waals surface area contributed by atoms with E-state index in [4.69, 9.17) is 0 Å². The van der Waals surface area contributed by atoms with Gasteiger partial charge in [0.05, 0.1) is 4.90 Å². The monoisotopic (exact) mass is 300 g/mol. The van der Waals surface area contributed by atoms with E-state index in [1.807, 2.05) is 25.1 Å². The molecule has 0 atom stereocenters. The van der Waals surface area contributed by atoms with Crippen LogP contribution in [0.15, 0.2) is 53.4 Å². The van der Waals surface area contributed by atoms with E-state index in [0.717, 1.165) is 17.5 Å². The molecule has 5 heteroatoms. The number of benzene rings is 2. The maximum Gasteiger partial charge on any atom is 0.167 e. The van der Waals surface area contributed by atoms with Crippen LogP contribution in [0.2, 0.25) is 0 Å². The number of rotatable bonds is 3. The molecule has 108 valence electrons. The Morgan fingerprint density at radius 1 is 1.05 bits per heavy atom. The van der Waals surface area contributed by atoms with Crippen molar-refractivity contribution in [1.29, 1.82) is 0 Å². The second-order valence-corrected chi connectivity index (χ2v) is 6.70. The number of hydrogen-bond acceptors (Lipinski definition) is 2. The molecule has 1 aliphatic heterocycles. The van der Waals surface area contributed by atoms with E-state index in [9.17, 15) is 8.42 Å². The third-order valence-corrected chi connectivity index (χ3v) is 4.78. The van der Waals surface area contributed by atoms with E-state index in [1.54, 1.807) is 30.5 Å². The van der Waals surface area contributed by atoms with Crippen molar-refractivity contribution < 1.29 is 13.1 Å². The molecule has 21 heavy (non-hydrogen) atoms. The molecule has 0 amide bonds. The molecule has 4 nitrogen and oxygen atoms in total. The Morgan fingerprint density at radius 2 is 1.76 bits per heavy atom. The first-order valence-electron chi connectivity index (χ1n) is 6.79. The average molecular weight is 300 g/mol. The summed E-state index contributed by atoms with van der Waals surface area (Å²) in [5.41, 5.74) is 3.26. The molecule has 0 spiro atoms. The predicted octanol–water partition coefficient (Wildman–Crippen LogP) is 2.66. The van der Waals surface area contributed by atoms with E-state index in [1.165, 1.54) is 10.2 Å². The molecule has 0 N–H and O–H groups in total. The molecule has 1 heterocycles. The number of sulfonamides is 1. The van der Waals surface area contributed by atoms with Gasteiger partial charge in [0.2, 0.25) is 0 Å². The van der Waals surface area contributed by atoms with Gasteiger partial charge in [0.15, 0.2) is 16.2 Å². The van der Waals surface area contributed by atoms with Crippen LogP contribution in [-0.4, -0.2) is 25.9 Å². The molecule has 0 aromatic heterocycles. The summed E-state index contributed by atoms with van der Waals surface area (Å²) in [4.78, 5) is 4.14. The van der Waals surface area contributed by atoms with Crippen LogP contribution >= 0.6 is 0 Å². The number of fused-ring (bicyclic) bond motifs is 1. The van der Waals surface area contributed by atoms with Crippen molar-refractivity contribution in [1.82, 2.24) is 0 Å². The highest BCUT2D eigenvalue weighted by Gasteiger charge is 2.15. The number of aryl methyl sites for hydroxylation is 1. The molecular formula is C16H16N2O2S. The molecule has 2 aromatic rings. The van der Waals surface area contributed by atoms with Gasteiger partial charge >= 0.3 is 0 Å². The Kier molecular flexibility index (Phi) is 3.51. The van der Waals surface area contributed by atoms with Crippen LogP contribution in [0.3, 0.4) is 0 Å². The molecule has 0 fully saturated rings. The number of hydrogen-bond donors (Lipinski definition) is 0. The molecule has 3 rings (SSSR count). The first kappa shape index (κ1) is 13.8. The van der Waals surface area contributed by atoms with Crippen LogP contribution in [-0.2, 0) is 16.4 Å². The lowest BCUT2D eigenvalue weighted by atomic mass is 10.0. The van der Waals surface area contributed by atoms with Gasteiger partial charge in [-0.15, -0.1) is 0 Å². The van der Waals surface area contributed by atoms with Crippen LogP contribution in [0.4, 0.5) is 0 Å². The molecule has 0 saturated carbocycles. The fourth-order valence-electron chi connectivity index (χ4n) is 2.31. The maximum absolute atomic E-state index is 12.3. The van der Waals surface area contributed by atoms with Crippen molar-refractivity contribution in [3.63, 3.8) is 0 Å². The normalized spacial score (nSPS) is 14.2. The zero-order chi connectivity index (χ0) is 14.9. The molecular weight excluding hydrogens is 284 g/mol. The summed E-state index contributed by atoms with van der Waals surface area (Å²) in [6.45, 7) is 2.49. The Bertz CT molecular complexity index is 793. The lowest BCUT2D eigenvalue weighted by Gasteiger charge is -2.21. The third kappa shape index (κ3) is 2.97. The molecule has 0 saturated heterocycles. The van der Waals surface area contributed by atoms with Crippen molar-refractivity contribution in [2.45, 2.75) is 18.2 Å². The van der Waals surface area contributed by atoms with Gasteiger partial charge in [-0.1, -0.05) is 35.9 Å². The van der Waals surface area contributed by atoms with E-state index in [-0.39, 0.29) is 4.90 Å². The standard InChI is InChI=1S/C16H16N2O2S/c1-13-6-8-16(9-7-13)21(19,20)17-18-11-10-14-4-2-3-5-15(14)12-18/h2-9,12H,10-11H2,1H3. The molecule has 0 bridgehead atoms. The molecule has 0 aliphatic carbocycles. The minimum absolute atomic E-state index is 0.223. The Morgan fingerprint density at radius 3 is 2.52 bits per heavy atom. The van der Waals surface area contributed by atoms with Gasteiger partial charge in [-0.2, -0.15) is 0 Å². The predicted molar refractivity (Wildman–Crippen MR) is 82.2 cm³/mol. The van der Waals surface area contributed by atoms with Crippen molar-refractivity contribution in [2.24, 2.45) is 0 Å². The second-order valence-electron chi connectivity index (χ2n) is 5.11. The number of nitrogens with zero attached hydrogens (tertiary/aromatic N) is 2. The summed E-state index contributed by atoms with van der Waals surface area (Å²) in [5.74, 6) is 0. The average Bonchev–Trinajstić information content (AvgIpc) is 2.47. The van der Waals surface area contributed by atoms with Crippen molar-refractivity contribution >= 4 is 16.2 Å². The Balaban J connectivity index is 1.87. The summed E-state index contributed by atoms with van der Waals surface area (Å²) in [6, 6.07) is 14.7. The summed E-state index contributed by atoms with van der Waals surface area (Å²) in [7, 11) is -3.66. The van der Waals surface area contributed by atoms with Crippen LogP contribution in [0, 0.1) is 6.92 Å². The van der Waals surface area contributed by atoms with Gasteiger partial charge in [-0.3, -0.25) is 4.68 Å². The van der Waals surface area contributed by atoms with Crippen molar-refractivity contribution in [3.8, 4) is 0 Å². The van der Waals surface area contributed by atoms with Crippen LogP contribution in [0.1, 0.15) is 16.7 Å². The van der Waals surface area contributed by atoms with Gasteiger partial charge in [0, 0.05) is 12.0 Å². The summed E-state index contributed by atoms with van der Waals surface area (Å²) in [6.07, 6.45) is 2.57. The molecule has 1 aliphatic rings. The zero-order valence-corrected chi connectivity index (χ0v) is 12.5. The largest absolute Gasteiger partial charge is 0.324 e. The Hall–Kier alpha value is -2.14. The van der Waals surface area contributed by atoms with Gasteiger partial charge in [0.25, 0.3) is 0 Å². The topological polar surface area (TPSA) is 51.2 Å². The highest BCUT2D eigenvalue weighted by atomic mass is 32.2. The first-order chi connectivity index (χ1) is 10.0. The lowest BCUT2D eigenvalue weighted by molar-refractivity contribution is -0.462. The summed E-state index contributed by atoms with van der Waals surface area (Å²) >= 11 is 0. The zero-order valence-electron chi connectivity index (χ0n) is 11.7. The minimum Gasteiger partial charge on any atom is -0.324 e.